The summed E-state index contributed by atoms with van der Waals surface area (Å²) < 4.78 is 1.45. The number of aliphatic hydroxyl groups excluding tert-OH is 1. The first-order chi connectivity index (χ1) is 10.4. The van der Waals surface area contributed by atoms with Gasteiger partial charge in [-0.15, -0.1) is 16.9 Å². The molecule has 4 atom stereocenters. The normalized spacial score (nSPS) is 29.0. The van der Waals surface area contributed by atoms with Crippen LogP contribution in [0.5, 0.6) is 0 Å². The van der Waals surface area contributed by atoms with Gasteiger partial charge < -0.3 is 19.9 Å². The molecule has 2 aliphatic heterocycles. The molecule has 0 radical (unpaired) electrons. The zero-order valence-corrected chi connectivity index (χ0v) is 16.2. The number of hydrogen-bond donors (Lipinski definition) is 1. The van der Waals surface area contributed by atoms with Crippen LogP contribution in [0.3, 0.4) is 0 Å². The Balaban J connectivity index is 0.00000192. The second kappa shape index (κ2) is 7.11. The van der Waals surface area contributed by atoms with Crippen molar-refractivity contribution in [3.8, 4) is 0 Å². The van der Waals surface area contributed by atoms with E-state index in [4.69, 9.17) is 0 Å². The average Bonchev–Trinajstić information content (AvgIpc) is 2.97. The molecule has 3 rings (SSSR count). The van der Waals surface area contributed by atoms with Gasteiger partial charge in [-0.1, -0.05) is 11.8 Å². The molecule has 9 nitrogen and oxygen atoms in total. The first-order valence-corrected chi connectivity index (χ1v) is 8.14. The zero-order valence-electron chi connectivity index (χ0n) is 12.6. The zero-order chi connectivity index (χ0) is 16.0. The van der Waals surface area contributed by atoms with Crippen molar-refractivity contribution in [1.29, 1.82) is 0 Å². The van der Waals surface area contributed by atoms with Crippen LogP contribution in [0, 0.1) is 5.92 Å². The van der Waals surface area contributed by atoms with Crippen LogP contribution in [-0.2, 0) is 16.6 Å². The van der Waals surface area contributed by atoms with Crippen molar-refractivity contribution in [3.63, 3.8) is 0 Å². The maximum Gasteiger partial charge on any atom is 1.00 e. The molecule has 1 amide bonds. The van der Waals surface area contributed by atoms with E-state index in [0.29, 0.717) is 10.1 Å². The van der Waals surface area contributed by atoms with Crippen molar-refractivity contribution >= 4 is 35.4 Å². The molecule has 1 aromatic rings. The summed E-state index contributed by atoms with van der Waals surface area (Å²) >= 11 is 2.42. The van der Waals surface area contributed by atoms with E-state index < -0.39 is 24.0 Å². The number of β-lactam (4-membered cyclic amide) rings is 1. The van der Waals surface area contributed by atoms with Crippen molar-refractivity contribution < 1.29 is 49.4 Å². The van der Waals surface area contributed by atoms with E-state index in [1.165, 1.54) is 40.0 Å². The molecule has 1 unspecified atom stereocenters. The van der Waals surface area contributed by atoms with E-state index in [1.54, 1.807) is 12.5 Å². The molecule has 118 valence electrons. The Hall–Kier alpha value is -0.590. The second-order valence-corrected chi connectivity index (χ2v) is 6.99. The van der Waals surface area contributed by atoms with Crippen molar-refractivity contribution in [3.05, 3.63) is 10.3 Å². The van der Waals surface area contributed by atoms with Gasteiger partial charge in [-0.2, -0.15) is 0 Å². The molecule has 0 saturated carbocycles. The van der Waals surface area contributed by atoms with Gasteiger partial charge in [0.25, 0.3) is 0 Å². The summed E-state index contributed by atoms with van der Waals surface area (Å²) in [5.74, 6) is -2.29. The van der Waals surface area contributed by atoms with Gasteiger partial charge in [-0.05, 0) is 22.8 Å². The Morgan fingerprint density at radius 2 is 2.26 bits per heavy atom. The Bertz CT molecular complexity index is 667. The smallest absolute Gasteiger partial charge is 0.547 e. The Labute approximate surface area is 162 Å². The van der Waals surface area contributed by atoms with Crippen LogP contribution in [-0.4, -0.2) is 59.6 Å². The molecular formula is C11H12N5NaO4S2. The van der Waals surface area contributed by atoms with Gasteiger partial charge in [0.05, 0.1) is 23.4 Å². The van der Waals surface area contributed by atoms with Gasteiger partial charge in [0.15, 0.2) is 0 Å². The molecule has 1 N–H and O–H groups in total. The summed E-state index contributed by atoms with van der Waals surface area (Å²) in [6, 6.07) is -1.12. The third-order valence-electron chi connectivity index (χ3n) is 3.53. The number of aliphatic hydroxyl groups is 1. The number of nitrogens with zero attached hydrogens (tertiary/aromatic N) is 5. The minimum Gasteiger partial charge on any atom is -0.547 e. The minimum atomic E-state index is -1.34. The third-order valence-corrected chi connectivity index (χ3v) is 5.98. The summed E-state index contributed by atoms with van der Waals surface area (Å²) in [6.07, 6.45) is -0.821. The summed E-state index contributed by atoms with van der Waals surface area (Å²) in [4.78, 5) is 25.1. The standard InChI is InChI=1S/C11H13N5O4S2.Na/c1-4(17)6-8(18)16-7(10(19)20)5(22-9(6)16)3-21-11-12-13-14-15(11)2;/h3-4,6-7,9,17H,1-2H3,(H,19,20);/q;+1/p-1/t4-,6-,7?,9-;/m1./s1. The number of thioether (sulfide) groups is 2. The van der Waals surface area contributed by atoms with Crippen LogP contribution >= 0.6 is 23.5 Å². The van der Waals surface area contributed by atoms with Gasteiger partial charge in [0, 0.05) is 12.0 Å². The number of fused-ring (bicyclic) bond motifs is 1. The number of carboxylic acid groups (broad SMARTS) is 1. The Morgan fingerprint density at radius 3 is 2.78 bits per heavy atom. The summed E-state index contributed by atoms with van der Waals surface area (Å²) in [5.41, 5.74) is 0. The van der Waals surface area contributed by atoms with Crippen LogP contribution in [0.1, 0.15) is 6.92 Å². The quantitative estimate of drug-likeness (QED) is 0.318. The molecule has 0 spiro atoms. The predicted molar refractivity (Wildman–Crippen MR) is 74.9 cm³/mol. The topological polar surface area (TPSA) is 124 Å². The molecular weight excluding hydrogens is 353 g/mol. The van der Waals surface area contributed by atoms with Crippen molar-refractivity contribution in [2.45, 2.75) is 29.6 Å². The first-order valence-electron chi connectivity index (χ1n) is 6.38. The molecule has 2 aliphatic rings. The summed E-state index contributed by atoms with van der Waals surface area (Å²) in [5, 5.41) is 33.7. The van der Waals surface area contributed by atoms with Crippen LogP contribution < -0.4 is 34.7 Å². The molecule has 0 aliphatic carbocycles. The number of hydrogen-bond acceptors (Lipinski definition) is 9. The molecule has 23 heavy (non-hydrogen) atoms. The summed E-state index contributed by atoms with van der Waals surface area (Å²) in [6.45, 7) is 1.52. The van der Waals surface area contributed by atoms with E-state index >= 15 is 0 Å². The van der Waals surface area contributed by atoms with Crippen LogP contribution in [0.15, 0.2) is 15.5 Å². The average molecular weight is 365 g/mol. The maximum absolute atomic E-state index is 12.0. The largest absolute Gasteiger partial charge is 1.00 e. The minimum absolute atomic E-state index is 0. The Kier molecular flexibility index (Phi) is 5.80. The molecule has 1 aromatic heterocycles. The van der Waals surface area contributed by atoms with Gasteiger partial charge in [-0.25, -0.2) is 4.68 Å². The number of aromatic nitrogens is 4. The fourth-order valence-electron chi connectivity index (χ4n) is 2.45. The van der Waals surface area contributed by atoms with Crippen molar-refractivity contribution in [2.24, 2.45) is 13.0 Å². The number of aryl methyl sites for hydroxylation is 1. The van der Waals surface area contributed by atoms with Crippen LogP contribution in [0.4, 0.5) is 0 Å². The number of tetrazole rings is 1. The number of carbonyl (C=O) groups excluding carboxylic acids is 2. The van der Waals surface area contributed by atoms with Crippen LogP contribution in [0.25, 0.3) is 0 Å². The molecule has 3 heterocycles. The monoisotopic (exact) mass is 365 g/mol. The molecule has 0 bridgehead atoms. The third kappa shape index (κ3) is 3.17. The molecule has 2 saturated heterocycles. The molecule has 0 aromatic carbocycles. The number of rotatable bonds is 4. The second-order valence-electron chi connectivity index (χ2n) is 4.97. The maximum atomic E-state index is 12.0. The Morgan fingerprint density at radius 1 is 1.57 bits per heavy atom. The number of carbonyl (C=O) groups is 2. The van der Waals surface area contributed by atoms with Gasteiger partial charge >= 0.3 is 29.6 Å². The molecule has 12 heteroatoms. The summed E-state index contributed by atoms with van der Waals surface area (Å²) in [7, 11) is 1.67. The van der Waals surface area contributed by atoms with E-state index in [-0.39, 0.29) is 40.8 Å². The number of aliphatic carboxylic acids is 1. The fraction of sp³-hybridized carbons (Fsp3) is 0.545. The van der Waals surface area contributed by atoms with Gasteiger partial charge in [0.2, 0.25) is 11.1 Å². The van der Waals surface area contributed by atoms with Crippen molar-refractivity contribution in [1.82, 2.24) is 25.1 Å². The van der Waals surface area contributed by atoms with E-state index in [2.05, 4.69) is 15.5 Å². The van der Waals surface area contributed by atoms with Crippen molar-refractivity contribution in [2.75, 3.05) is 0 Å². The predicted octanol–water partition coefficient (Wildman–Crippen LogP) is -4.82. The van der Waals surface area contributed by atoms with E-state index in [0.717, 1.165) is 0 Å². The van der Waals surface area contributed by atoms with Crippen LogP contribution in [0.2, 0.25) is 0 Å². The van der Waals surface area contributed by atoms with Gasteiger partial charge in [0.1, 0.15) is 6.04 Å². The first kappa shape index (κ1) is 18.7. The van der Waals surface area contributed by atoms with Gasteiger partial charge in [-0.3, -0.25) is 4.79 Å². The fourth-order valence-corrected chi connectivity index (χ4v) is 4.89. The SMILES string of the molecule is C[C@@H](O)[C@@H]1C(=O)N2C(C(=O)[O-])C(=CSc3nnnn3C)S[C@H]12.[Na+]. The number of amides is 1. The van der Waals surface area contributed by atoms with E-state index in [1.807, 2.05) is 0 Å². The van der Waals surface area contributed by atoms with E-state index in [9.17, 15) is 19.8 Å². The number of carboxylic acids is 1. The molecule has 2 fully saturated rings.